The van der Waals surface area contributed by atoms with Crippen molar-refractivity contribution in [3.8, 4) is 17.2 Å². The number of methoxy groups -OCH3 is 2. The molecule has 41 heavy (non-hydrogen) atoms. The first-order valence-electron chi connectivity index (χ1n) is 13.5. The van der Waals surface area contributed by atoms with Gasteiger partial charge < -0.3 is 34.6 Å². The van der Waals surface area contributed by atoms with Gasteiger partial charge in [0.25, 0.3) is 0 Å². The predicted octanol–water partition coefficient (Wildman–Crippen LogP) is 2.91. The molecule has 3 unspecified atom stereocenters. The van der Waals surface area contributed by atoms with Crippen LogP contribution in [0.4, 0.5) is 0 Å². The Morgan fingerprint density at radius 1 is 1.17 bits per heavy atom. The minimum atomic E-state index is -1.19. The summed E-state index contributed by atoms with van der Waals surface area (Å²) in [4.78, 5) is 39.5. The molecule has 3 rings (SSSR count). The first-order chi connectivity index (χ1) is 19.8. The van der Waals surface area contributed by atoms with Crippen molar-refractivity contribution in [3.05, 3.63) is 62.7 Å². The zero-order chi connectivity index (χ0) is 29.9. The van der Waals surface area contributed by atoms with Crippen molar-refractivity contribution >= 4 is 40.7 Å². The smallest absolute Gasteiger partial charge is 0.247 e. The van der Waals surface area contributed by atoms with Crippen molar-refractivity contribution in [2.45, 2.75) is 50.9 Å². The van der Waals surface area contributed by atoms with Crippen LogP contribution in [0.3, 0.4) is 0 Å². The topological polar surface area (TPSA) is 135 Å². The van der Waals surface area contributed by atoms with Crippen LogP contribution in [0.1, 0.15) is 42.1 Å². The van der Waals surface area contributed by atoms with Crippen LogP contribution in [-0.4, -0.2) is 85.4 Å². The molecule has 2 aromatic carbocycles. The molecule has 0 radical (unpaired) electrons. The number of aliphatic hydroxyl groups excluding tert-OH is 2. The number of halogens is 1. The Hall–Kier alpha value is -3.16. The fraction of sp³-hybridized carbons (Fsp3) is 0.433. The monoisotopic (exact) mass is 680 g/mol. The van der Waals surface area contributed by atoms with E-state index in [1.54, 1.807) is 24.2 Å². The third-order valence-electron chi connectivity index (χ3n) is 6.86. The van der Waals surface area contributed by atoms with Crippen molar-refractivity contribution < 1.29 is 38.8 Å². The Morgan fingerprint density at radius 3 is 2.56 bits per heavy atom. The number of carbonyl (C=O) groups is 3. The third-order valence-corrected chi connectivity index (χ3v) is 7.66. The molecule has 0 saturated heterocycles. The lowest BCUT2D eigenvalue weighted by atomic mass is 9.87. The van der Waals surface area contributed by atoms with Crippen LogP contribution in [0.15, 0.2) is 48.0 Å². The van der Waals surface area contributed by atoms with Gasteiger partial charge in [0.15, 0.2) is 11.5 Å². The van der Waals surface area contributed by atoms with E-state index < -0.39 is 24.2 Å². The van der Waals surface area contributed by atoms with Crippen LogP contribution in [0.25, 0.3) is 0 Å². The molecule has 0 bridgehead atoms. The highest BCUT2D eigenvalue weighted by atomic mass is 127. The van der Waals surface area contributed by atoms with Gasteiger partial charge in [-0.25, -0.2) is 0 Å². The highest BCUT2D eigenvalue weighted by Crippen LogP contribution is 2.37. The highest BCUT2D eigenvalue weighted by Gasteiger charge is 2.40. The molecule has 3 N–H and O–H groups in total. The minimum Gasteiger partial charge on any atom is -0.496 e. The highest BCUT2D eigenvalue weighted by molar-refractivity contribution is 14.1. The van der Waals surface area contributed by atoms with Crippen LogP contribution in [0.2, 0.25) is 0 Å². The molecule has 2 aromatic rings. The Kier molecular flexibility index (Phi) is 12.4. The van der Waals surface area contributed by atoms with Crippen LogP contribution >= 0.6 is 22.6 Å². The maximum absolute atomic E-state index is 13.4. The molecular formula is C30H37IN2O8. The molecule has 2 amide bonds. The first-order valence-corrected chi connectivity index (χ1v) is 14.5. The van der Waals surface area contributed by atoms with Gasteiger partial charge in [0, 0.05) is 37.1 Å². The van der Waals surface area contributed by atoms with Gasteiger partial charge in [0.1, 0.15) is 24.2 Å². The Bertz CT molecular complexity index is 1250. The summed E-state index contributed by atoms with van der Waals surface area (Å²) in [7, 11) is 3.03. The molecule has 0 fully saturated rings. The normalized spacial score (nSPS) is 18.2. The number of carbonyl (C=O) groups excluding carboxylic acids is 3. The number of ether oxygens (including phenoxy) is 3. The summed E-state index contributed by atoms with van der Waals surface area (Å²) >= 11 is 2.02. The van der Waals surface area contributed by atoms with Gasteiger partial charge in [0.05, 0.1) is 30.4 Å². The number of aliphatic hydroxyl groups is 2. The van der Waals surface area contributed by atoms with Gasteiger partial charge in [-0.1, -0.05) is 25.1 Å². The minimum absolute atomic E-state index is 0.0556. The fourth-order valence-electron chi connectivity index (χ4n) is 4.82. The van der Waals surface area contributed by atoms with E-state index in [4.69, 9.17) is 14.2 Å². The Balaban J connectivity index is 2.00. The Morgan fingerprint density at radius 2 is 1.90 bits per heavy atom. The molecular weight excluding hydrogens is 643 g/mol. The van der Waals surface area contributed by atoms with Gasteiger partial charge in [-0.3, -0.25) is 14.4 Å². The summed E-state index contributed by atoms with van der Waals surface area (Å²) < 4.78 is 17.8. The molecule has 0 heterocycles. The summed E-state index contributed by atoms with van der Waals surface area (Å²) in [5, 5.41) is 23.5. The lowest BCUT2D eigenvalue weighted by Gasteiger charge is -2.41. The molecule has 0 aliphatic heterocycles. The van der Waals surface area contributed by atoms with E-state index in [0.29, 0.717) is 51.1 Å². The van der Waals surface area contributed by atoms with Crippen molar-refractivity contribution in [2.24, 2.45) is 0 Å². The number of amides is 2. The number of aldehydes is 1. The quantitative estimate of drug-likeness (QED) is 0.205. The zero-order valence-corrected chi connectivity index (χ0v) is 25.6. The summed E-state index contributed by atoms with van der Waals surface area (Å²) in [6, 6.07) is 9.92. The second-order valence-corrected chi connectivity index (χ2v) is 10.7. The maximum Gasteiger partial charge on any atom is 0.247 e. The van der Waals surface area contributed by atoms with Crippen LogP contribution in [-0.2, 0) is 16.0 Å². The summed E-state index contributed by atoms with van der Waals surface area (Å²) in [5.41, 5.74) is 1.63. The molecule has 10 nitrogen and oxygen atoms in total. The average molecular weight is 681 g/mol. The van der Waals surface area contributed by atoms with Gasteiger partial charge in [0.2, 0.25) is 11.8 Å². The molecule has 3 atom stereocenters. The Labute approximate surface area is 253 Å². The zero-order valence-electron chi connectivity index (χ0n) is 23.5. The van der Waals surface area contributed by atoms with Gasteiger partial charge in [-0.15, -0.1) is 0 Å². The van der Waals surface area contributed by atoms with Crippen LogP contribution in [0, 0.1) is 3.57 Å². The van der Waals surface area contributed by atoms with E-state index in [1.807, 2.05) is 53.8 Å². The van der Waals surface area contributed by atoms with Gasteiger partial charge in [-0.2, -0.15) is 0 Å². The number of hydrogen-bond acceptors (Lipinski definition) is 8. The molecule has 1 aliphatic carbocycles. The molecule has 222 valence electrons. The average Bonchev–Trinajstić information content (AvgIpc) is 2.98. The summed E-state index contributed by atoms with van der Waals surface area (Å²) in [6.07, 6.45) is 1.49. The predicted molar refractivity (Wildman–Crippen MR) is 161 cm³/mol. The molecule has 11 heteroatoms. The number of nitrogens with zero attached hydrogens (tertiary/aromatic N) is 1. The van der Waals surface area contributed by atoms with Crippen molar-refractivity contribution in [3.63, 3.8) is 0 Å². The second-order valence-electron chi connectivity index (χ2n) is 9.57. The fourth-order valence-corrected chi connectivity index (χ4v) is 5.57. The van der Waals surface area contributed by atoms with E-state index in [0.717, 1.165) is 5.56 Å². The summed E-state index contributed by atoms with van der Waals surface area (Å²) in [6.45, 7) is 2.02. The first kappa shape index (κ1) is 32.4. The molecule has 1 aliphatic rings. The van der Waals surface area contributed by atoms with Crippen molar-refractivity contribution in [1.29, 1.82) is 0 Å². The second kappa shape index (κ2) is 15.7. The van der Waals surface area contributed by atoms with Crippen LogP contribution in [0.5, 0.6) is 17.2 Å². The van der Waals surface area contributed by atoms with Gasteiger partial charge in [-0.05, 0) is 65.3 Å². The van der Waals surface area contributed by atoms with Crippen molar-refractivity contribution in [1.82, 2.24) is 10.2 Å². The van der Waals surface area contributed by atoms with Gasteiger partial charge >= 0.3 is 0 Å². The third kappa shape index (κ3) is 8.20. The molecule has 0 saturated carbocycles. The van der Waals surface area contributed by atoms with E-state index in [1.165, 1.54) is 13.2 Å². The van der Waals surface area contributed by atoms with E-state index in [2.05, 4.69) is 5.32 Å². The number of para-hydroxylation sites is 1. The van der Waals surface area contributed by atoms with Crippen LogP contribution < -0.4 is 19.5 Å². The van der Waals surface area contributed by atoms with Crippen molar-refractivity contribution in [2.75, 3.05) is 33.9 Å². The number of hydrogen-bond donors (Lipinski definition) is 3. The number of nitrogens with one attached hydrogen (secondary N) is 1. The standard InChI is InChI=1S/C30H37IN2O8/c1-4-7-27(36)33(12-10-20-8-5-6-9-24(20)39-2)23-16-21(30(38)32-11-13-34)17-25(28(23)37)41-29-22(31)14-19(18-35)15-26(29)40-3/h5-6,8-9,14-15,17-18,23,25,28,34,37H,4,7,10-13,16H2,1-3H3,(H,32,38). The van der Waals surface area contributed by atoms with E-state index in [-0.39, 0.29) is 38.4 Å². The number of benzene rings is 2. The van der Waals surface area contributed by atoms with E-state index >= 15 is 0 Å². The number of rotatable bonds is 14. The maximum atomic E-state index is 13.4. The summed E-state index contributed by atoms with van der Waals surface area (Å²) in [5.74, 6) is 0.725. The molecule has 0 aromatic heterocycles. The van der Waals surface area contributed by atoms with E-state index in [9.17, 15) is 24.6 Å². The molecule has 0 spiro atoms. The largest absolute Gasteiger partial charge is 0.496 e. The lowest BCUT2D eigenvalue weighted by molar-refractivity contribution is -0.138. The lowest BCUT2D eigenvalue weighted by Crippen LogP contribution is -2.55. The SMILES string of the molecule is CCCC(=O)N(CCc1ccccc1OC)C1CC(C(=O)NCCO)=CC(Oc2c(I)cc(C=O)cc2OC)C1O.